The van der Waals surface area contributed by atoms with Crippen LogP contribution in [0.5, 0.6) is 0 Å². The molecule has 4 rings (SSSR count). The Kier molecular flexibility index (Phi) is 4.33. The van der Waals surface area contributed by atoms with Crippen LogP contribution in [0, 0.1) is 0 Å². The Morgan fingerprint density at radius 3 is 2.74 bits per heavy atom. The van der Waals surface area contributed by atoms with Crippen LogP contribution in [0.15, 0.2) is 64.1 Å². The second-order valence-electron chi connectivity index (χ2n) is 6.42. The molecule has 4 aromatic rings. The van der Waals surface area contributed by atoms with Crippen LogP contribution in [-0.4, -0.2) is 20.4 Å². The normalized spacial score (nSPS) is 11.1. The van der Waals surface area contributed by atoms with Crippen molar-refractivity contribution in [3.63, 3.8) is 0 Å². The van der Waals surface area contributed by atoms with Crippen LogP contribution >= 0.6 is 0 Å². The number of imidazole rings is 1. The first-order valence-corrected chi connectivity index (χ1v) is 8.55. The van der Waals surface area contributed by atoms with Gasteiger partial charge in [-0.05, 0) is 23.3 Å². The third-order valence-electron chi connectivity index (χ3n) is 4.43. The van der Waals surface area contributed by atoms with Gasteiger partial charge in [0.2, 0.25) is 5.91 Å². The van der Waals surface area contributed by atoms with Gasteiger partial charge in [-0.1, -0.05) is 36.4 Å². The first-order chi connectivity index (χ1) is 13.1. The predicted molar refractivity (Wildman–Crippen MR) is 100 cm³/mol. The number of aromatic amines is 1. The van der Waals surface area contributed by atoms with Crippen LogP contribution in [0.2, 0.25) is 0 Å². The number of carbonyl (C=O) groups excluding carboxylic acids is 1. The molecule has 136 valence electrons. The van der Waals surface area contributed by atoms with E-state index in [1.54, 1.807) is 18.5 Å². The number of fused-ring (bicyclic) bond motifs is 1. The topological polar surface area (TPSA) is 107 Å². The second-order valence-corrected chi connectivity index (χ2v) is 6.42. The molecule has 27 heavy (non-hydrogen) atoms. The maximum absolute atomic E-state index is 11.6. The molecular formula is C20H18N4O3. The standard InChI is InChI=1S/C20H18N4O3/c21-19(25)10-17-16(8-13-4-2-1-3-5-13)22-12-24(17)11-14-6-7-15-18(9-14)27-20(26)23-15/h1-7,9,12H,8,10-11H2,(H2,21,25)(H,23,26). The van der Waals surface area contributed by atoms with Gasteiger partial charge in [-0.15, -0.1) is 0 Å². The number of aromatic nitrogens is 3. The molecule has 2 aromatic heterocycles. The molecule has 0 unspecified atom stereocenters. The number of hydrogen-bond acceptors (Lipinski definition) is 4. The molecule has 2 aromatic carbocycles. The van der Waals surface area contributed by atoms with Crippen molar-refractivity contribution in [1.82, 2.24) is 14.5 Å². The summed E-state index contributed by atoms with van der Waals surface area (Å²) in [5.74, 6) is -0.887. The Bertz CT molecular complexity index is 1150. The molecule has 2 heterocycles. The number of amides is 1. The molecule has 0 fully saturated rings. The lowest BCUT2D eigenvalue weighted by molar-refractivity contribution is -0.117. The summed E-state index contributed by atoms with van der Waals surface area (Å²) in [4.78, 5) is 30.0. The Balaban J connectivity index is 1.66. The third-order valence-corrected chi connectivity index (χ3v) is 4.43. The van der Waals surface area contributed by atoms with Gasteiger partial charge in [-0.2, -0.15) is 0 Å². The third kappa shape index (κ3) is 3.67. The average Bonchev–Trinajstić information content (AvgIpc) is 3.18. The van der Waals surface area contributed by atoms with Crippen molar-refractivity contribution in [2.45, 2.75) is 19.4 Å². The predicted octanol–water partition coefficient (Wildman–Crippen LogP) is 1.98. The van der Waals surface area contributed by atoms with Gasteiger partial charge in [0.25, 0.3) is 0 Å². The molecule has 0 spiro atoms. The largest absolute Gasteiger partial charge is 0.417 e. The fourth-order valence-electron chi connectivity index (χ4n) is 3.18. The summed E-state index contributed by atoms with van der Waals surface area (Å²) in [5, 5.41) is 0. The fourth-order valence-corrected chi connectivity index (χ4v) is 3.18. The number of nitrogens with zero attached hydrogens (tertiary/aromatic N) is 2. The Morgan fingerprint density at radius 2 is 1.96 bits per heavy atom. The van der Waals surface area contributed by atoms with E-state index in [0.29, 0.717) is 24.1 Å². The van der Waals surface area contributed by atoms with E-state index in [9.17, 15) is 9.59 Å². The lowest BCUT2D eigenvalue weighted by atomic mass is 10.1. The van der Waals surface area contributed by atoms with Crippen molar-refractivity contribution in [2.24, 2.45) is 5.73 Å². The smallest absolute Gasteiger partial charge is 0.408 e. The maximum Gasteiger partial charge on any atom is 0.417 e. The van der Waals surface area contributed by atoms with E-state index in [2.05, 4.69) is 9.97 Å². The van der Waals surface area contributed by atoms with E-state index in [4.69, 9.17) is 10.2 Å². The second kappa shape index (κ2) is 6.95. The van der Waals surface area contributed by atoms with Crippen LogP contribution in [-0.2, 0) is 24.2 Å². The van der Waals surface area contributed by atoms with Crippen molar-refractivity contribution >= 4 is 17.0 Å². The summed E-state index contributed by atoms with van der Waals surface area (Å²) in [5.41, 5.74) is 10.3. The van der Waals surface area contributed by atoms with Crippen molar-refractivity contribution < 1.29 is 9.21 Å². The zero-order chi connectivity index (χ0) is 18.8. The molecule has 0 saturated heterocycles. The lowest BCUT2D eigenvalue weighted by Crippen LogP contribution is -2.18. The van der Waals surface area contributed by atoms with Gasteiger partial charge in [0.1, 0.15) is 0 Å². The Labute approximate surface area is 154 Å². The van der Waals surface area contributed by atoms with Crippen LogP contribution in [0.3, 0.4) is 0 Å². The van der Waals surface area contributed by atoms with E-state index in [-0.39, 0.29) is 6.42 Å². The van der Waals surface area contributed by atoms with Crippen molar-refractivity contribution in [3.05, 3.63) is 87.9 Å². The summed E-state index contributed by atoms with van der Waals surface area (Å²) in [6.07, 6.45) is 2.46. The molecule has 0 atom stereocenters. The Hall–Kier alpha value is -3.61. The number of rotatable bonds is 6. The van der Waals surface area contributed by atoms with Crippen molar-refractivity contribution in [1.29, 1.82) is 0 Å². The molecule has 0 aliphatic carbocycles. The molecule has 1 amide bonds. The molecule has 7 heteroatoms. The van der Waals surface area contributed by atoms with Crippen LogP contribution in [0.1, 0.15) is 22.5 Å². The van der Waals surface area contributed by atoms with Gasteiger partial charge in [0, 0.05) is 13.0 Å². The molecule has 0 bridgehead atoms. The molecule has 0 saturated carbocycles. The van der Waals surface area contributed by atoms with Crippen LogP contribution < -0.4 is 11.5 Å². The first kappa shape index (κ1) is 16.8. The number of nitrogens with two attached hydrogens (primary N) is 1. The van der Waals surface area contributed by atoms with Crippen molar-refractivity contribution in [3.8, 4) is 0 Å². The highest BCUT2D eigenvalue weighted by Gasteiger charge is 2.15. The number of primary amides is 1. The lowest BCUT2D eigenvalue weighted by Gasteiger charge is -2.09. The number of H-pyrrole nitrogens is 1. The quantitative estimate of drug-likeness (QED) is 0.547. The van der Waals surface area contributed by atoms with E-state index in [1.165, 1.54) is 0 Å². The first-order valence-electron chi connectivity index (χ1n) is 8.55. The number of carbonyl (C=O) groups is 1. The Morgan fingerprint density at radius 1 is 1.15 bits per heavy atom. The van der Waals surface area contributed by atoms with Gasteiger partial charge in [0.05, 0.1) is 29.7 Å². The van der Waals surface area contributed by atoms with Crippen molar-refractivity contribution in [2.75, 3.05) is 0 Å². The molecule has 7 nitrogen and oxygen atoms in total. The minimum absolute atomic E-state index is 0.115. The fraction of sp³-hybridized carbons (Fsp3) is 0.150. The highest BCUT2D eigenvalue weighted by Crippen LogP contribution is 2.18. The van der Waals surface area contributed by atoms with Gasteiger partial charge >= 0.3 is 5.76 Å². The van der Waals surface area contributed by atoms with E-state index >= 15 is 0 Å². The van der Waals surface area contributed by atoms with E-state index in [1.807, 2.05) is 41.0 Å². The zero-order valence-electron chi connectivity index (χ0n) is 14.5. The zero-order valence-corrected chi connectivity index (χ0v) is 14.5. The molecule has 0 aliphatic rings. The number of nitrogens with one attached hydrogen (secondary N) is 1. The number of oxazole rings is 1. The maximum atomic E-state index is 11.6. The molecular weight excluding hydrogens is 344 g/mol. The average molecular weight is 362 g/mol. The van der Waals surface area contributed by atoms with E-state index in [0.717, 1.165) is 22.5 Å². The summed E-state index contributed by atoms with van der Waals surface area (Å²) in [6, 6.07) is 15.5. The summed E-state index contributed by atoms with van der Waals surface area (Å²) < 4.78 is 7.03. The summed E-state index contributed by atoms with van der Waals surface area (Å²) in [7, 11) is 0. The van der Waals surface area contributed by atoms with Crippen LogP contribution in [0.4, 0.5) is 0 Å². The van der Waals surface area contributed by atoms with Gasteiger partial charge in [-0.25, -0.2) is 9.78 Å². The minimum Gasteiger partial charge on any atom is -0.408 e. The van der Waals surface area contributed by atoms with E-state index < -0.39 is 11.7 Å². The van der Waals surface area contributed by atoms with Gasteiger partial charge in [-0.3, -0.25) is 9.78 Å². The number of hydrogen-bond donors (Lipinski definition) is 2. The van der Waals surface area contributed by atoms with Gasteiger partial charge < -0.3 is 14.7 Å². The SMILES string of the molecule is NC(=O)Cc1c(Cc2ccccc2)ncn1Cc1ccc2[nH]c(=O)oc2c1. The molecule has 0 radical (unpaired) electrons. The molecule has 3 N–H and O–H groups in total. The minimum atomic E-state index is -0.482. The van der Waals surface area contributed by atoms with Gasteiger partial charge in [0.15, 0.2) is 5.58 Å². The number of benzene rings is 2. The van der Waals surface area contributed by atoms with Crippen LogP contribution in [0.25, 0.3) is 11.1 Å². The highest BCUT2D eigenvalue weighted by molar-refractivity contribution is 5.76. The summed E-state index contributed by atoms with van der Waals surface area (Å²) in [6.45, 7) is 0.495. The monoisotopic (exact) mass is 362 g/mol. The molecule has 0 aliphatic heterocycles. The highest BCUT2D eigenvalue weighted by atomic mass is 16.4. The summed E-state index contributed by atoms with van der Waals surface area (Å²) >= 11 is 0.